The average Bonchev–Trinajstić information content (AvgIpc) is 2.67. The molecule has 2 saturated heterocycles. The van der Waals surface area contributed by atoms with E-state index in [9.17, 15) is 23.2 Å². The number of hydrogen-bond donors (Lipinski definition) is 2. The van der Waals surface area contributed by atoms with Gasteiger partial charge in [-0.05, 0) is 31.5 Å². The van der Waals surface area contributed by atoms with Gasteiger partial charge >= 0.3 is 13.3 Å². The van der Waals surface area contributed by atoms with Gasteiger partial charge in [-0.25, -0.2) is 0 Å². The molecule has 2 N–H and O–H groups in total. The van der Waals surface area contributed by atoms with Crippen LogP contribution in [0.2, 0.25) is 18.1 Å². The maximum Gasteiger partial charge on any atom is 0.399 e. The molecule has 0 aromatic heterocycles. The first-order valence-corrected chi connectivity index (χ1v) is 13.2. The van der Waals surface area contributed by atoms with Crippen molar-refractivity contribution in [2.24, 2.45) is 5.92 Å². The van der Waals surface area contributed by atoms with E-state index in [2.05, 4.69) is 4.52 Å². The molecule has 2 radical (unpaired) electrons. The molecule has 6 nitrogen and oxygen atoms in total. The Balaban J connectivity index is 2.25. The van der Waals surface area contributed by atoms with Gasteiger partial charge < -0.3 is 23.7 Å². The molecule has 0 amide bonds. The van der Waals surface area contributed by atoms with Gasteiger partial charge in [0.1, 0.15) is 13.4 Å². The fraction of sp³-hybridized carbons (Fsp3) is 1.00. The summed E-state index contributed by atoms with van der Waals surface area (Å²) in [5.41, 5.74) is -5.55. The molecule has 0 aromatic carbocycles. The molecule has 0 aromatic rings. The second-order valence-corrected chi connectivity index (χ2v) is 15.1. The van der Waals surface area contributed by atoms with Gasteiger partial charge in [0.2, 0.25) is 0 Å². The van der Waals surface area contributed by atoms with Gasteiger partial charge in [0.15, 0.2) is 8.32 Å². The minimum absolute atomic E-state index is 0.185. The van der Waals surface area contributed by atoms with E-state index in [-0.39, 0.29) is 6.61 Å². The van der Waals surface area contributed by atoms with Crippen molar-refractivity contribution in [1.82, 2.24) is 0 Å². The maximum atomic E-state index is 14.5. The fourth-order valence-electron chi connectivity index (χ4n) is 3.43. The van der Waals surface area contributed by atoms with Crippen LogP contribution < -0.4 is 0 Å². The van der Waals surface area contributed by atoms with Crippen LogP contribution in [0.25, 0.3) is 0 Å². The van der Waals surface area contributed by atoms with Crippen molar-refractivity contribution in [1.29, 1.82) is 0 Å². The first-order chi connectivity index (χ1) is 11.6. The number of ether oxygens (including phenoxy) is 1. The lowest BCUT2D eigenvalue weighted by atomic mass is 9.76. The summed E-state index contributed by atoms with van der Waals surface area (Å²) in [4.78, 5) is 10.5. The summed E-state index contributed by atoms with van der Waals surface area (Å²) >= 11 is 0. The molecule has 2 unspecified atom stereocenters. The van der Waals surface area contributed by atoms with Gasteiger partial charge in [-0.2, -0.15) is 8.78 Å². The van der Waals surface area contributed by atoms with Crippen molar-refractivity contribution >= 4 is 23.8 Å². The van der Waals surface area contributed by atoms with Crippen molar-refractivity contribution in [2.75, 3.05) is 13.2 Å². The summed E-state index contributed by atoms with van der Waals surface area (Å²) in [5.74, 6) is -0.659. The van der Waals surface area contributed by atoms with Crippen molar-refractivity contribution in [2.45, 2.75) is 75.1 Å². The van der Waals surface area contributed by atoms with E-state index >= 15 is 0 Å². The van der Waals surface area contributed by atoms with Crippen LogP contribution in [0.4, 0.5) is 8.78 Å². The molecule has 0 bridgehead atoms. The van der Waals surface area contributed by atoms with Crippen molar-refractivity contribution in [3.63, 3.8) is 0 Å². The molecule has 2 aliphatic heterocycles. The summed E-state index contributed by atoms with van der Waals surface area (Å²) < 4.78 is 56.5. The van der Waals surface area contributed by atoms with E-state index in [1.54, 1.807) is 13.1 Å². The van der Waals surface area contributed by atoms with Gasteiger partial charge in [-0.1, -0.05) is 13.8 Å². The van der Waals surface area contributed by atoms with Crippen LogP contribution in [0.5, 0.6) is 0 Å². The standard InChI is InChI=1S/C15H28BF2O6PSi/c1-6-22-25(20)15(17,18)8-14(9-23-25)11(19)10(12(16)24-14)7-13(2,3)26(4,5)21/h10-12,19,21H,6-9H2,1-5H3/t10-,11?,12+,14-,25?/m0/s1. The first kappa shape index (κ1) is 22.5. The Morgan fingerprint density at radius 3 is 2.46 bits per heavy atom. The van der Waals surface area contributed by atoms with E-state index in [1.165, 1.54) is 6.92 Å². The minimum Gasteiger partial charge on any atom is -0.432 e. The Morgan fingerprint density at radius 2 is 2.00 bits per heavy atom. The van der Waals surface area contributed by atoms with Crippen LogP contribution in [-0.2, 0) is 18.3 Å². The van der Waals surface area contributed by atoms with Gasteiger partial charge in [-0.3, -0.25) is 4.57 Å². The molecule has 2 heterocycles. The summed E-state index contributed by atoms with van der Waals surface area (Å²) in [6.07, 6.45) is -2.03. The summed E-state index contributed by atoms with van der Waals surface area (Å²) in [5, 5.41) is 10.3. The molecule has 0 saturated carbocycles. The third kappa shape index (κ3) is 3.71. The monoisotopic (exact) mass is 412 g/mol. The predicted molar refractivity (Wildman–Crippen MR) is 96.0 cm³/mol. The van der Waals surface area contributed by atoms with Gasteiger partial charge in [0.05, 0.1) is 25.7 Å². The lowest BCUT2D eigenvalue weighted by molar-refractivity contribution is -0.157. The Morgan fingerprint density at radius 1 is 1.42 bits per heavy atom. The maximum absolute atomic E-state index is 14.5. The molecule has 1 spiro atoms. The van der Waals surface area contributed by atoms with Crippen molar-refractivity contribution < 1.29 is 37.0 Å². The van der Waals surface area contributed by atoms with Crippen molar-refractivity contribution in [3.05, 3.63) is 0 Å². The molecular weight excluding hydrogens is 384 g/mol. The third-order valence-corrected chi connectivity index (χ3v) is 11.4. The normalized spacial score (nSPS) is 40.9. The van der Waals surface area contributed by atoms with Gasteiger partial charge in [0, 0.05) is 11.9 Å². The van der Waals surface area contributed by atoms with E-state index in [4.69, 9.17) is 17.1 Å². The molecule has 150 valence electrons. The summed E-state index contributed by atoms with van der Waals surface area (Å²) in [7, 11) is -1.24. The fourth-order valence-corrected chi connectivity index (χ4v) is 5.81. The van der Waals surface area contributed by atoms with E-state index in [1.807, 2.05) is 13.8 Å². The molecule has 0 aliphatic carbocycles. The largest absolute Gasteiger partial charge is 0.432 e. The van der Waals surface area contributed by atoms with E-state index < -0.39 is 63.3 Å². The number of rotatable bonds is 5. The third-order valence-electron chi connectivity index (χ3n) is 5.83. The summed E-state index contributed by atoms with van der Waals surface area (Å²) in [6.45, 7) is 8.03. The first-order valence-electron chi connectivity index (χ1n) is 8.72. The second kappa shape index (κ2) is 6.90. The number of aliphatic hydroxyl groups excluding tert-OH is 1. The van der Waals surface area contributed by atoms with Crippen LogP contribution in [-0.4, -0.2) is 62.7 Å². The number of aliphatic hydroxyl groups is 1. The van der Waals surface area contributed by atoms with Crippen LogP contribution in [0, 0.1) is 5.92 Å². The molecule has 2 fully saturated rings. The zero-order chi connectivity index (χ0) is 20.2. The molecule has 2 aliphatic rings. The topological polar surface area (TPSA) is 85.2 Å². The summed E-state index contributed by atoms with van der Waals surface area (Å²) in [6, 6.07) is -0.996. The Hall–Kier alpha value is 0.172. The average molecular weight is 412 g/mol. The Kier molecular flexibility index (Phi) is 5.96. The van der Waals surface area contributed by atoms with Gasteiger partial charge in [0.25, 0.3) is 0 Å². The Labute approximate surface area is 155 Å². The van der Waals surface area contributed by atoms with Crippen LogP contribution in [0.3, 0.4) is 0 Å². The highest BCUT2D eigenvalue weighted by atomic mass is 31.2. The lowest BCUT2D eigenvalue weighted by Gasteiger charge is -2.43. The molecule has 26 heavy (non-hydrogen) atoms. The zero-order valence-corrected chi connectivity index (χ0v) is 17.8. The number of alkyl halides is 2. The second-order valence-electron chi connectivity index (χ2n) is 8.43. The smallest absolute Gasteiger partial charge is 0.399 e. The van der Waals surface area contributed by atoms with E-state index in [0.29, 0.717) is 6.42 Å². The van der Waals surface area contributed by atoms with Crippen LogP contribution in [0.15, 0.2) is 0 Å². The highest BCUT2D eigenvalue weighted by Crippen LogP contribution is 2.69. The van der Waals surface area contributed by atoms with E-state index in [0.717, 1.165) is 0 Å². The molecule has 11 heteroatoms. The van der Waals surface area contributed by atoms with Crippen LogP contribution >= 0.6 is 7.60 Å². The Bertz CT molecular complexity index is 587. The SMILES string of the molecule is [B][C@@H]1O[C@@]2(COP(=O)(OCC)C(F)(F)C2)C(O)[C@@H]1CC(C)(C)[Si](C)(C)O. The zero-order valence-electron chi connectivity index (χ0n) is 15.9. The lowest BCUT2D eigenvalue weighted by Crippen LogP contribution is -2.53. The highest BCUT2D eigenvalue weighted by molar-refractivity contribution is 7.55. The molecule has 2 rings (SSSR count). The molecular formula is C15H28BF2O6PSi. The number of hydrogen-bond acceptors (Lipinski definition) is 6. The van der Waals surface area contributed by atoms with Gasteiger partial charge in [-0.15, -0.1) is 0 Å². The quantitative estimate of drug-likeness (QED) is 0.534. The van der Waals surface area contributed by atoms with Crippen LogP contribution in [0.1, 0.15) is 33.6 Å². The molecule has 5 atom stereocenters. The number of halogens is 2. The van der Waals surface area contributed by atoms with Crippen molar-refractivity contribution in [3.8, 4) is 0 Å². The highest BCUT2D eigenvalue weighted by Gasteiger charge is 2.68. The predicted octanol–water partition coefficient (Wildman–Crippen LogP) is 2.84. The minimum atomic E-state index is -4.63.